The van der Waals surface area contributed by atoms with Crippen molar-refractivity contribution in [1.82, 2.24) is 0 Å². The number of benzene rings is 2. The fourth-order valence-corrected chi connectivity index (χ4v) is 2.06. The average Bonchev–Trinajstić information content (AvgIpc) is 2.45. The number of amides is 2. The van der Waals surface area contributed by atoms with E-state index in [4.69, 9.17) is 4.74 Å². The third-order valence-electron chi connectivity index (χ3n) is 3.34. The van der Waals surface area contributed by atoms with E-state index < -0.39 is 0 Å². The Balaban J connectivity index is 1.98. The van der Waals surface area contributed by atoms with Crippen LogP contribution in [0.3, 0.4) is 0 Å². The van der Waals surface area contributed by atoms with Gasteiger partial charge in [0.05, 0.1) is 6.10 Å². The second-order valence-electron chi connectivity index (χ2n) is 5.52. The number of carbonyl (C=O) groups is 1. The summed E-state index contributed by atoms with van der Waals surface area (Å²) in [5.74, 6) is 0.787. The van der Waals surface area contributed by atoms with Gasteiger partial charge in [-0.25, -0.2) is 4.79 Å². The molecule has 2 aromatic carbocycles. The van der Waals surface area contributed by atoms with Gasteiger partial charge in [0, 0.05) is 11.4 Å². The highest BCUT2D eigenvalue weighted by Gasteiger charge is 2.06. The number of ether oxygens (including phenoxy) is 1. The van der Waals surface area contributed by atoms with Crippen molar-refractivity contribution in [2.24, 2.45) is 0 Å². The third-order valence-corrected chi connectivity index (χ3v) is 3.34. The molecule has 2 rings (SSSR count). The fraction of sp³-hybridized carbons (Fsp3) is 0.278. The van der Waals surface area contributed by atoms with Crippen LogP contribution in [0.15, 0.2) is 42.5 Å². The lowest BCUT2D eigenvalue weighted by Gasteiger charge is -2.12. The topological polar surface area (TPSA) is 50.4 Å². The first-order valence-corrected chi connectivity index (χ1v) is 7.36. The van der Waals surface area contributed by atoms with E-state index in [1.165, 1.54) is 0 Å². The molecule has 0 radical (unpaired) electrons. The van der Waals surface area contributed by atoms with Gasteiger partial charge < -0.3 is 15.4 Å². The molecule has 0 bridgehead atoms. The smallest absolute Gasteiger partial charge is 0.323 e. The third kappa shape index (κ3) is 4.25. The Bertz CT molecular complexity index is 649. The molecule has 0 heterocycles. The number of rotatable bonds is 4. The molecule has 0 spiro atoms. The van der Waals surface area contributed by atoms with Gasteiger partial charge in [0.2, 0.25) is 0 Å². The van der Waals surface area contributed by atoms with Crippen LogP contribution in [0.5, 0.6) is 5.75 Å². The van der Waals surface area contributed by atoms with E-state index in [1.807, 2.05) is 70.2 Å². The van der Waals surface area contributed by atoms with Crippen LogP contribution in [0.25, 0.3) is 0 Å². The van der Waals surface area contributed by atoms with Crippen molar-refractivity contribution in [1.29, 1.82) is 0 Å². The van der Waals surface area contributed by atoms with Crippen molar-refractivity contribution in [2.45, 2.75) is 33.8 Å². The summed E-state index contributed by atoms with van der Waals surface area (Å²) in [7, 11) is 0. The highest BCUT2D eigenvalue weighted by molar-refractivity contribution is 6.00. The highest BCUT2D eigenvalue weighted by Crippen LogP contribution is 2.19. The van der Waals surface area contributed by atoms with Crippen LogP contribution < -0.4 is 15.4 Å². The number of nitrogens with one attached hydrogen (secondary N) is 2. The molecule has 2 amide bonds. The Morgan fingerprint density at radius 2 is 1.68 bits per heavy atom. The summed E-state index contributed by atoms with van der Waals surface area (Å²) in [4.78, 5) is 12.1. The predicted molar refractivity (Wildman–Crippen MR) is 90.8 cm³/mol. The lowest BCUT2D eigenvalue weighted by atomic mass is 10.1. The van der Waals surface area contributed by atoms with Crippen LogP contribution in [0.4, 0.5) is 16.2 Å². The summed E-state index contributed by atoms with van der Waals surface area (Å²) in [5, 5.41) is 5.68. The largest absolute Gasteiger partial charge is 0.491 e. The minimum Gasteiger partial charge on any atom is -0.491 e. The summed E-state index contributed by atoms with van der Waals surface area (Å²) >= 11 is 0. The molecule has 2 N–H and O–H groups in total. The second-order valence-corrected chi connectivity index (χ2v) is 5.52. The average molecular weight is 298 g/mol. The molecule has 0 aliphatic carbocycles. The van der Waals surface area contributed by atoms with E-state index in [1.54, 1.807) is 0 Å². The van der Waals surface area contributed by atoms with E-state index >= 15 is 0 Å². The number of anilines is 2. The van der Waals surface area contributed by atoms with E-state index in [9.17, 15) is 4.79 Å². The molecule has 0 aliphatic rings. The normalized spacial score (nSPS) is 10.4. The Labute approximate surface area is 131 Å². The second kappa shape index (κ2) is 6.98. The fourth-order valence-electron chi connectivity index (χ4n) is 2.06. The van der Waals surface area contributed by atoms with Crippen molar-refractivity contribution in [3.05, 3.63) is 53.6 Å². The molecule has 4 nitrogen and oxygen atoms in total. The van der Waals surface area contributed by atoms with Crippen molar-refractivity contribution in [3.8, 4) is 5.75 Å². The zero-order valence-electron chi connectivity index (χ0n) is 13.4. The first kappa shape index (κ1) is 15.9. The first-order chi connectivity index (χ1) is 10.5. The van der Waals surface area contributed by atoms with Gasteiger partial charge in [-0.3, -0.25) is 0 Å². The van der Waals surface area contributed by atoms with Crippen molar-refractivity contribution in [3.63, 3.8) is 0 Å². The Hall–Kier alpha value is -2.49. The van der Waals surface area contributed by atoms with Gasteiger partial charge in [-0.05, 0) is 69.2 Å². The first-order valence-electron chi connectivity index (χ1n) is 7.36. The SMILES string of the molecule is Cc1cccc(NC(=O)Nc2ccc(OC(C)C)cc2)c1C. The molecular weight excluding hydrogens is 276 g/mol. The number of aryl methyl sites for hydroxylation is 1. The predicted octanol–water partition coefficient (Wildman–Crippen LogP) is 4.73. The lowest BCUT2D eigenvalue weighted by Crippen LogP contribution is -2.20. The van der Waals surface area contributed by atoms with E-state index in [2.05, 4.69) is 10.6 Å². The maximum atomic E-state index is 12.1. The Morgan fingerprint density at radius 3 is 2.32 bits per heavy atom. The van der Waals surface area contributed by atoms with Gasteiger partial charge in [-0.1, -0.05) is 12.1 Å². The zero-order chi connectivity index (χ0) is 16.1. The van der Waals surface area contributed by atoms with Crippen molar-refractivity contribution in [2.75, 3.05) is 10.6 Å². The van der Waals surface area contributed by atoms with Crippen molar-refractivity contribution < 1.29 is 9.53 Å². The van der Waals surface area contributed by atoms with Crippen LogP contribution in [0.1, 0.15) is 25.0 Å². The van der Waals surface area contributed by atoms with Crippen molar-refractivity contribution >= 4 is 17.4 Å². The zero-order valence-corrected chi connectivity index (χ0v) is 13.4. The van der Waals surface area contributed by atoms with E-state index in [-0.39, 0.29) is 12.1 Å². The standard InChI is InChI=1S/C18H22N2O2/c1-12(2)22-16-10-8-15(9-11-16)19-18(21)20-17-7-5-6-13(3)14(17)4/h5-12H,1-4H3,(H2,19,20,21). The minimum atomic E-state index is -0.258. The monoisotopic (exact) mass is 298 g/mol. The highest BCUT2D eigenvalue weighted by atomic mass is 16.5. The number of hydrogen-bond acceptors (Lipinski definition) is 2. The molecule has 0 unspecified atom stereocenters. The Morgan fingerprint density at radius 1 is 1.00 bits per heavy atom. The molecule has 0 saturated carbocycles. The number of urea groups is 1. The molecule has 4 heteroatoms. The molecular formula is C18H22N2O2. The van der Waals surface area contributed by atoms with Crippen LogP contribution in [0.2, 0.25) is 0 Å². The number of carbonyl (C=O) groups excluding carboxylic acids is 1. The molecule has 0 aromatic heterocycles. The quantitative estimate of drug-likeness (QED) is 0.857. The Kier molecular flexibility index (Phi) is 5.04. The summed E-state index contributed by atoms with van der Waals surface area (Å²) in [6.45, 7) is 7.96. The van der Waals surface area contributed by atoms with E-state index in [0.29, 0.717) is 0 Å². The molecule has 0 fully saturated rings. The summed E-state index contributed by atoms with van der Waals surface area (Å²) in [5.41, 5.74) is 3.75. The van der Waals surface area contributed by atoms with Gasteiger partial charge in [-0.15, -0.1) is 0 Å². The molecule has 116 valence electrons. The maximum Gasteiger partial charge on any atom is 0.323 e. The van der Waals surface area contributed by atoms with Crippen LogP contribution in [-0.2, 0) is 0 Å². The van der Waals surface area contributed by atoms with Crippen LogP contribution >= 0.6 is 0 Å². The maximum absolute atomic E-state index is 12.1. The molecule has 0 saturated heterocycles. The molecule has 0 atom stereocenters. The molecule has 22 heavy (non-hydrogen) atoms. The number of hydrogen-bond donors (Lipinski definition) is 2. The van der Waals surface area contributed by atoms with Gasteiger partial charge >= 0.3 is 6.03 Å². The van der Waals surface area contributed by atoms with E-state index in [0.717, 1.165) is 28.3 Å². The van der Waals surface area contributed by atoms with Gasteiger partial charge in [0.15, 0.2) is 0 Å². The molecule has 0 aliphatic heterocycles. The minimum absolute atomic E-state index is 0.131. The van der Waals surface area contributed by atoms with Gasteiger partial charge in [0.1, 0.15) is 5.75 Å². The summed E-state index contributed by atoms with van der Waals surface area (Å²) in [6, 6.07) is 12.9. The van der Waals surface area contributed by atoms with Crippen LogP contribution in [0, 0.1) is 13.8 Å². The summed E-state index contributed by atoms with van der Waals surface area (Å²) in [6.07, 6.45) is 0.131. The summed E-state index contributed by atoms with van der Waals surface area (Å²) < 4.78 is 5.57. The van der Waals surface area contributed by atoms with Crippen LogP contribution in [-0.4, -0.2) is 12.1 Å². The lowest BCUT2D eigenvalue weighted by molar-refractivity contribution is 0.242. The van der Waals surface area contributed by atoms with Gasteiger partial charge in [-0.2, -0.15) is 0 Å². The molecule has 2 aromatic rings. The van der Waals surface area contributed by atoms with Gasteiger partial charge in [0.25, 0.3) is 0 Å².